The fourth-order valence-electron chi connectivity index (χ4n) is 12.1. The largest absolute Gasteiger partial charge is 0.458 e. The summed E-state index contributed by atoms with van der Waals surface area (Å²) in [7, 11) is 0. The Balaban J connectivity index is 0.000000382. The third-order valence-corrected chi connectivity index (χ3v) is 16.9. The van der Waals surface area contributed by atoms with E-state index in [0.717, 1.165) is 61.9 Å². The van der Waals surface area contributed by atoms with Gasteiger partial charge in [-0.15, -0.1) is 65.7 Å². The first-order valence-electron chi connectivity index (χ1n) is 28.8. The molecule has 5 nitrogen and oxygen atoms in total. The van der Waals surface area contributed by atoms with Gasteiger partial charge in [0.15, 0.2) is 0 Å². The number of imidazole rings is 1. The van der Waals surface area contributed by atoms with Crippen LogP contribution >= 0.6 is 0 Å². The Morgan fingerprint density at radius 3 is 1.90 bits per heavy atom. The van der Waals surface area contributed by atoms with Crippen LogP contribution in [0.15, 0.2) is 152 Å². The van der Waals surface area contributed by atoms with E-state index in [4.69, 9.17) is 9.72 Å². The third-order valence-electron chi connectivity index (χ3n) is 16.9. The van der Waals surface area contributed by atoms with Crippen molar-refractivity contribution in [2.45, 2.75) is 132 Å². The molecule has 0 unspecified atom stereocenters. The van der Waals surface area contributed by atoms with Crippen LogP contribution in [0, 0.1) is 31.8 Å². The van der Waals surface area contributed by atoms with Crippen LogP contribution in [0.25, 0.3) is 78.0 Å². The molecule has 0 spiro atoms. The van der Waals surface area contributed by atoms with E-state index in [-0.39, 0.29) is 48.9 Å². The summed E-state index contributed by atoms with van der Waals surface area (Å²) in [6.45, 7) is 34.1. The number of pyridine rings is 1. The van der Waals surface area contributed by atoms with Crippen LogP contribution in [0.4, 0.5) is 4.39 Å². The summed E-state index contributed by atoms with van der Waals surface area (Å²) < 4.78 is 24.9. The Morgan fingerprint density at radius 1 is 0.573 bits per heavy atom. The summed E-state index contributed by atoms with van der Waals surface area (Å²) >= 11 is 0. The molecule has 5 heterocycles. The summed E-state index contributed by atoms with van der Waals surface area (Å²) in [6.07, 6.45) is 1.82. The first kappa shape index (κ1) is 56.5. The number of hydrogen-bond acceptors (Lipinski definition) is 3. The van der Waals surface area contributed by atoms with E-state index in [2.05, 4.69) is 225 Å². The minimum Gasteiger partial charge on any atom is -0.458 e. The standard InChI is InChI=1S/C61H61BN3O.C13H11FN.Ir/c1-35(2)43-20-17-21-44(36(3)4)56(43)65-51-28-38(22-25-49(51)63-58(65)37-18-15-14-16-19-37)39-29-52-55-54(30-39)66-53-27-24-41(60(8,9)10)33-47(53)62(55)48-34-42(61(11,12)13)32-46-45-31-40(59(5,6)7)23-26-50(45)64(52)57(46)48;1-9-7-13(15-8-10(9)2)11-3-5-12(14)6-4-11;/h14-18,20-36H,1-13H3;3,5-8H,1-2H3;/q2*-1;. The van der Waals surface area contributed by atoms with Crippen LogP contribution in [-0.4, -0.2) is 25.8 Å². The van der Waals surface area contributed by atoms with Crippen LogP contribution in [0.5, 0.6) is 11.5 Å². The first-order valence-corrected chi connectivity index (χ1v) is 28.8. The van der Waals surface area contributed by atoms with E-state index in [1.807, 2.05) is 38.2 Å². The van der Waals surface area contributed by atoms with Crippen LogP contribution in [0.2, 0.25) is 0 Å². The van der Waals surface area contributed by atoms with Gasteiger partial charge in [0.05, 0.1) is 22.4 Å². The molecule has 415 valence electrons. The van der Waals surface area contributed by atoms with E-state index in [9.17, 15) is 4.39 Å². The van der Waals surface area contributed by atoms with Crippen molar-refractivity contribution >= 4 is 55.9 Å². The number of fused-ring (bicyclic) bond motifs is 8. The van der Waals surface area contributed by atoms with Crippen LogP contribution in [-0.2, 0) is 36.4 Å². The number of para-hydroxylation sites is 1. The van der Waals surface area contributed by atoms with Crippen molar-refractivity contribution in [1.29, 1.82) is 0 Å². The van der Waals surface area contributed by atoms with Crippen molar-refractivity contribution in [1.82, 2.24) is 19.1 Å². The van der Waals surface area contributed by atoms with Gasteiger partial charge in [0.2, 0.25) is 0 Å². The van der Waals surface area contributed by atoms with Crippen LogP contribution < -0.4 is 21.1 Å². The molecular formula is C74H72BFIrN4O-2. The van der Waals surface area contributed by atoms with Crippen molar-refractivity contribution in [2.24, 2.45) is 0 Å². The zero-order valence-corrected chi connectivity index (χ0v) is 52.5. The molecule has 3 aromatic heterocycles. The van der Waals surface area contributed by atoms with E-state index in [0.29, 0.717) is 11.8 Å². The quantitative estimate of drug-likeness (QED) is 0.123. The maximum Gasteiger partial charge on any atom is 0.256 e. The average Bonchev–Trinajstić information content (AvgIpc) is 1.57. The number of nitrogens with zero attached hydrogens (tertiary/aromatic N) is 4. The Bertz CT molecular complexity index is 4270. The number of rotatable bonds is 6. The van der Waals surface area contributed by atoms with Gasteiger partial charge >= 0.3 is 0 Å². The van der Waals surface area contributed by atoms with Gasteiger partial charge in [-0.05, 0) is 157 Å². The second-order valence-electron chi connectivity index (χ2n) is 26.4. The number of hydrogen-bond donors (Lipinski definition) is 0. The summed E-state index contributed by atoms with van der Waals surface area (Å²) in [5, 5.41) is 2.61. The average molecular weight is 1260 g/mol. The molecule has 0 atom stereocenters. The molecule has 11 aromatic rings. The molecule has 0 aliphatic carbocycles. The van der Waals surface area contributed by atoms with E-state index in [1.165, 1.54) is 95.1 Å². The van der Waals surface area contributed by atoms with Crippen LogP contribution in [0.3, 0.4) is 0 Å². The van der Waals surface area contributed by atoms with Crippen molar-refractivity contribution in [3.8, 4) is 56.6 Å². The monoisotopic (exact) mass is 1260 g/mol. The number of benzene rings is 8. The fourth-order valence-corrected chi connectivity index (χ4v) is 12.1. The van der Waals surface area contributed by atoms with Gasteiger partial charge in [-0.25, -0.2) is 0 Å². The van der Waals surface area contributed by atoms with Crippen molar-refractivity contribution < 1.29 is 29.2 Å². The summed E-state index contributed by atoms with van der Waals surface area (Å²) in [4.78, 5) is 9.68. The maximum atomic E-state index is 12.7. The third kappa shape index (κ3) is 9.84. The molecule has 0 saturated heterocycles. The van der Waals surface area contributed by atoms with Gasteiger partial charge in [0, 0.05) is 59.8 Å². The Hall–Kier alpha value is -7.38. The van der Waals surface area contributed by atoms with Crippen molar-refractivity contribution in [3.63, 3.8) is 0 Å². The van der Waals surface area contributed by atoms with Crippen LogP contribution in [0.1, 0.15) is 141 Å². The second kappa shape index (κ2) is 20.8. The molecule has 8 aromatic carbocycles. The van der Waals surface area contributed by atoms with Gasteiger partial charge in [-0.2, -0.15) is 0 Å². The smallest absolute Gasteiger partial charge is 0.256 e. The molecule has 13 rings (SSSR count). The number of ether oxygens (including phenoxy) is 1. The molecule has 2 aliphatic rings. The van der Waals surface area contributed by atoms with Gasteiger partial charge in [0.1, 0.15) is 11.5 Å². The predicted octanol–water partition coefficient (Wildman–Crippen LogP) is 17.6. The Morgan fingerprint density at radius 2 is 1.26 bits per heavy atom. The van der Waals surface area contributed by atoms with E-state index in [1.54, 1.807) is 6.07 Å². The molecule has 1 radical (unpaired) electrons. The van der Waals surface area contributed by atoms with Crippen molar-refractivity contribution in [3.05, 3.63) is 209 Å². The number of aromatic nitrogens is 4. The van der Waals surface area contributed by atoms with Gasteiger partial charge in [0.25, 0.3) is 6.71 Å². The molecule has 8 heteroatoms. The fraction of sp³-hybridized carbons (Fsp3) is 0.270. The normalized spacial score (nSPS) is 12.8. The Kier molecular flexibility index (Phi) is 14.3. The number of halogens is 1. The minimum atomic E-state index is -0.275. The van der Waals surface area contributed by atoms with E-state index < -0.39 is 0 Å². The zero-order chi connectivity index (χ0) is 57.2. The zero-order valence-electron chi connectivity index (χ0n) is 50.1. The molecule has 0 fully saturated rings. The molecule has 2 aliphatic heterocycles. The predicted molar refractivity (Wildman–Crippen MR) is 339 cm³/mol. The first-order chi connectivity index (χ1) is 38.4. The van der Waals surface area contributed by atoms with Gasteiger partial charge in [-0.3, -0.25) is 9.37 Å². The molecule has 0 saturated carbocycles. The van der Waals surface area contributed by atoms with E-state index >= 15 is 0 Å². The molecule has 0 amide bonds. The second-order valence-corrected chi connectivity index (χ2v) is 26.4. The summed E-state index contributed by atoms with van der Waals surface area (Å²) in [6, 6.07) is 58.5. The summed E-state index contributed by atoms with van der Waals surface area (Å²) in [5.74, 6) is 3.09. The Labute approximate surface area is 498 Å². The maximum absolute atomic E-state index is 12.7. The van der Waals surface area contributed by atoms with Gasteiger partial charge in [-0.1, -0.05) is 150 Å². The molecule has 0 bridgehead atoms. The minimum absolute atomic E-state index is 0. The van der Waals surface area contributed by atoms with Gasteiger partial charge < -0.3 is 18.9 Å². The molecular weight excluding hydrogens is 1180 g/mol. The SMILES string of the molecule is CC(C)c1cccc(C(C)C)c1-n1c(-c2[c-]cccc2)nc2ccc(-c3cc4c5c(c3)-n3c6ccc(C(C)(C)C)cc6c6cc(C(C)(C)C)cc(c63)B5c3cc(C(C)(C)C)ccc3O4)cc21.Cc1cnc(-c2[c-]cc(F)cc2)cc1C.[Ir]. The van der Waals surface area contributed by atoms with Crippen molar-refractivity contribution in [2.75, 3.05) is 0 Å². The topological polar surface area (TPSA) is 44.9 Å². The summed E-state index contributed by atoms with van der Waals surface area (Å²) in [5.41, 5.74) is 24.5. The molecule has 82 heavy (non-hydrogen) atoms. The molecule has 0 N–H and O–H groups in total. The number of aryl methyl sites for hydroxylation is 2.